The van der Waals surface area contributed by atoms with Crippen LogP contribution in [0.5, 0.6) is 0 Å². The second-order valence-electron chi connectivity index (χ2n) is 11.8. The van der Waals surface area contributed by atoms with Gasteiger partial charge in [0.2, 0.25) is 11.6 Å². The maximum Gasteiger partial charge on any atom is 0.220 e. The van der Waals surface area contributed by atoms with Crippen molar-refractivity contribution in [2.45, 2.75) is 58.8 Å². The zero-order valence-corrected chi connectivity index (χ0v) is 27.0. The Morgan fingerprint density at radius 3 is 2.32 bits per heavy atom. The number of rotatable bonds is 16. The number of carbonyl (C=O) groups is 1. The predicted octanol–water partition coefficient (Wildman–Crippen LogP) is 7.56. The summed E-state index contributed by atoms with van der Waals surface area (Å²) in [6.45, 7) is 13.0. The Labute approximate surface area is 264 Å². The summed E-state index contributed by atoms with van der Waals surface area (Å²) < 4.78 is 2.47. The minimum atomic E-state index is -0.165. The molecular formula is C38H50N5O+. The molecule has 0 unspecified atom stereocenters. The fraction of sp³-hybridized carbons (Fsp3) is 0.368. The fourth-order valence-corrected chi connectivity index (χ4v) is 5.91. The van der Waals surface area contributed by atoms with Crippen molar-refractivity contribution in [3.05, 3.63) is 102 Å². The summed E-state index contributed by atoms with van der Waals surface area (Å²) in [4.78, 5) is 14.4. The van der Waals surface area contributed by atoms with Crippen LogP contribution in [-0.2, 0) is 10.2 Å². The van der Waals surface area contributed by atoms with Crippen LogP contribution in [0.2, 0.25) is 0 Å². The third-order valence-electron chi connectivity index (χ3n) is 8.38. The van der Waals surface area contributed by atoms with E-state index in [0.717, 1.165) is 50.3 Å². The lowest BCUT2D eigenvalue weighted by molar-refractivity contribution is -0.438. The summed E-state index contributed by atoms with van der Waals surface area (Å²) in [5, 5.41) is 6.44. The average Bonchev–Trinajstić information content (AvgIpc) is 3.24. The SMILES string of the molecule is CCN(CC)c1ccc(/C=C/C=C/C2=[N+](CCCCCC(=O)NCCN)c3ccc(Nc4ccccc4)cc3C2(C)C)cc1. The summed E-state index contributed by atoms with van der Waals surface area (Å²) >= 11 is 0. The molecule has 0 radical (unpaired) electrons. The van der Waals surface area contributed by atoms with Gasteiger partial charge in [-0.15, -0.1) is 0 Å². The van der Waals surface area contributed by atoms with Crippen LogP contribution >= 0.6 is 0 Å². The third kappa shape index (κ3) is 8.48. The van der Waals surface area contributed by atoms with Crippen molar-refractivity contribution in [1.29, 1.82) is 0 Å². The first-order chi connectivity index (χ1) is 21.4. The summed E-state index contributed by atoms with van der Waals surface area (Å²) in [5.74, 6) is 0.0891. The number of para-hydroxylation sites is 1. The zero-order valence-electron chi connectivity index (χ0n) is 27.0. The first-order valence-corrected chi connectivity index (χ1v) is 16.2. The molecule has 0 saturated heterocycles. The Morgan fingerprint density at radius 1 is 0.886 bits per heavy atom. The number of hydrogen-bond donors (Lipinski definition) is 3. The molecule has 0 bridgehead atoms. The van der Waals surface area contributed by atoms with Gasteiger partial charge in [-0.05, 0) is 82.5 Å². The van der Waals surface area contributed by atoms with Gasteiger partial charge in [0.25, 0.3) is 0 Å². The first-order valence-electron chi connectivity index (χ1n) is 16.2. The lowest BCUT2D eigenvalue weighted by Gasteiger charge is -2.20. The smallest absolute Gasteiger partial charge is 0.220 e. The molecule has 4 N–H and O–H groups in total. The van der Waals surface area contributed by atoms with Gasteiger partial charge in [-0.2, -0.15) is 4.58 Å². The van der Waals surface area contributed by atoms with E-state index in [9.17, 15) is 4.79 Å². The van der Waals surface area contributed by atoms with Crippen molar-refractivity contribution in [3.8, 4) is 0 Å². The molecule has 44 heavy (non-hydrogen) atoms. The van der Waals surface area contributed by atoms with Gasteiger partial charge < -0.3 is 21.3 Å². The Morgan fingerprint density at radius 2 is 1.61 bits per heavy atom. The molecule has 1 amide bonds. The monoisotopic (exact) mass is 592 g/mol. The van der Waals surface area contributed by atoms with Crippen LogP contribution in [0.3, 0.4) is 0 Å². The fourth-order valence-electron chi connectivity index (χ4n) is 5.91. The molecule has 0 aliphatic carbocycles. The molecule has 0 spiro atoms. The number of nitrogens with zero attached hydrogens (tertiary/aromatic N) is 2. The lowest BCUT2D eigenvalue weighted by Crippen LogP contribution is -2.28. The van der Waals surface area contributed by atoms with Crippen molar-refractivity contribution in [2.24, 2.45) is 5.73 Å². The zero-order chi connectivity index (χ0) is 31.4. The highest BCUT2D eigenvalue weighted by Gasteiger charge is 2.44. The van der Waals surface area contributed by atoms with Gasteiger partial charge in [0, 0.05) is 73.8 Å². The number of nitrogens with one attached hydrogen (secondary N) is 2. The number of unbranched alkanes of at least 4 members (excludes halogenated alkanes) is 2. The van der Waals surface area contributed by atoms with Gasteiger partial charge in [-0.1, -0.05) is 48.6 Å². The minimum Gasteiger partial charge on any atom is -0.372 e. The normalized spacial score (nSPS) is 13.9. The van der Waals surface area contributed by atoms with Crippen LogP contribution in [0.25, 0.3) is 6.08 Å². The van der Waals surface area contributed by atoms with Gasteiger partial charge in [0.05, 0.1) is 5.41 Å². The average molecular weight is 593 g/mol. The quantitative estimate of drug-likeness (QED) is 0.0912. The number of nitrogens with two attached hydrogens (primary N) is 1. The van der Waals surface area contributed by atoms with Crippen molar-refractivity contribution in [1.82, 2.24) is 5.32 Å². The Bertz CT molecular complexity index is 1450. The van der Waals surface area contributed by atoms with E-state index in [1.165, 1.54) is 28.2 Å². The van der Waals surface area contributed by atoms with Crippen molar-refractivity contribution < 1.29 is 9.37 Å². The molecule has 3 aromatic rings. The Hall–Kier alpha value is -4.16. The Balaban J connectivity index is 1.52. The van der Waals surface area contributed by atoms with Gasteiger partial charge in [-0.25, -0.2) is 0 Å². The standard InChI is InChI=1S/C38H49N5O/c1-5-42(6-2)33-23-20-30(21-24-33)15-12-13-18-36-38(3,4)34-29-32(41-31-16-9-7-10-17-31)22-25-35(34)43(36)28-14-8-11-19-37(44)40-27-26-39/h7,9-10,12-13,15-18,20-25,29,41H,5-6,8,11,14,19,26-28,39H2,1-4H3/p+1. The van der Waals surface area contributed by atoms with Crippen molar-refractivity contribution >= 4 is 40.4 Å². The number of allylic oxidation sites excluding steroid dienone is 3. The molecular weight excluding hydrogens is 542 g/mol. The van der Waals surface area contributed by atoms with E-state index < -0.39 is 0 Å². The van der Waals surface area contributed by atoms with E-state index >= 15 is 0 Å². The highest BCUT2D eigenvalue weighted by atomic mass is 16.1. The van der Waals surface area contributed by atoms with Gasteiger partial charge >= 0.3 is 0 Å². The number of carbonyl (C=O) groups excluding carboxylic acids is 1. The topological polar surface area (TPSA) is 73.4 Å². The summed E-state index contributed by atoms with van der Waals surface area (Å²) in [5.41, 5.74) is 13.8. The van der Waals surface area contributed by atoms with Crippen LogP contribution in [-0.4, -0.2) is 48.9 Å². The van der Waals surface area contributed by atoms with Crippen LogP contribution in [0, 0.1) is 0 Å². The highest BCUT2D eigenvalue weighted by molar-refractivity contribution is 6.03. The molecule has 0 aromatic heterocycles. The summed E-state index contributed by atoms with van der Waals surface area (Å²) in [7, 11) is 0. The first kappa shape index (κ1) is 32.7. The van der Waals surface area contributed by atoms with E-state index in [-0.39, 0.29) is 11.3 Å². The van der Waals surface area contributed by atoms with E-state index in [0.29, 0.717) is 19.5 Å². The highest BCUT2D eigenvalue weighted by Crippen LogP contribution is 2.42. The number of fused-ring (bicyclic) bond motifs is 1. The van der Waals surface area contributed by atoms with E-state index in [1.807, 2.05) is 18.2 Å². The van der Waals surface area contributed by atoms with Crippen molar-refractivity contribution in [3.63, 3.8) is 0 Å². The molecule has 0 fully saturated rings. The van der Waals surface area contributed by atoms with Crippen LogP contribution in [0.1, 0.15) is 64.5 Å². The molecule has 0 atom stereocenters. The van der Waals surface area contributed by atoms with Crippen LogP contribution < -0.4 is 21.3 Å². The van der Waals surface area contributed by atoms with Gasteiger partial charge in [-0.3, -0.25) is 4.79 Å². The second kappa shape index (κ2) is 16.1. The Kier molecular flexibility index (Phi) is 12.0. The molecule has 4 rings (SSSR count). The van der Waals surface area contributed by atoms with Crippen LogP contribution in [0.15, 0.2) is 91.0 Å². The molecule has 3 aromatic carbocycles. The van der Waals surface area contributed by atoms with Gasteiger partial charge in [0.15, 0.2) is 5.71 Å². The minimum absolute atomic E-state index is 0.0891. The molecule has 232 valence electrons. The van der Waals surface area contributed by atoms with Crippen LogP contribution in [0.4, 0.5) is 22.7 Å². The molecule has 0 saturated carbocycles. The lowest BCUT2D eigenvalue weighted by atomic mass is 9.81. The van der Waals surface area contributed by atoms with Gasteiger partial charge in [0.1, 0.15) is 6.54 Å². The maximum atomic E-state index is 12.0. The maximum absolute atomic E-state index is 12.0. The summed E-state index contributed by atoms with van der Waals surface area (Å²) in [6.07, 6.45) is 12.2. The molecule has 1 heterocycles. The number of hydrogen-bond acceptors (Lipinski definition) is 4. The van der Waals surface area contributed by atoms with Crippen molar-refractivity contribution in [2.75, 3.05) is 42.9 Å². The molecule has 6 nitrogen and oxygen atoms in total. The number of anilines is 3. The molecule has 1 aliphatic rings. The second-order valence-corrected chi connectivity index (χ2v) is 11.8. The third-order valence-corrected chi connectivity index (χ3v) is 8.38. The largest absolute Gasteiger partial charge is 0.372 e. The molecule has 1 aliphatic heterocycles. The predicted molar refractivity (Wildman–Crippen MR) is 188 cm³/mol. The number of benzene rings is 3. The van der Waals surface area contributed by atoms with E-state index in [1.54, 1.807) is 0 Å². The summed E-state index contributed by atoms with van der Waals surface area (Å²) in [6, 6.07) is 25.8. The molecule has 6 heteroatoms. The van der Waals surface area contributed by atoms with E-state index in [4.69, 9.17) is 5.73 Å². The van der Waals surface area contributed by atoms with E-state index in [2.05, 4.69) is 127 Å². The number of amides is 1.